The minimum Gasteiger partial charge on any atom is -0.454 e. The first-order chi connectivity index (χ1) is 8.49. The van der Waals surface area contributed by atoms with Gasteiger partial charge in [-0.15, -0.1) is 0 Å². The van der Waals surface area contributed by atoms with Gasteiger partial charge in [0.25, 0.3) is 0 Å². The van der Waals surface area contributed by atoms with Crippen molar-refractivity contribution in [2.75, 3.05) is 13.3 Å². The Bertz CT molecular complexity index is 528. The Morgan fingerprint density at radius 3 is 2.83 bits per heavy atom. The van der Waals surface area contributed by atoms with Gasteiger partial charge in [0, 0.05) is 18.7 Å². The van der Waals surface area contributed by atoms with Crippen molar-refractivity contribution in [3.8, 4) is 11.5 Å². The summed E-state index contributed by atoms with van der Waals surface area (Å²) in [7, 11) is -3.52. The molecular formula is C11H16N2O4S. The van der Waals surface area contributed by atoms with Crippen molar-refractivity contribution in [3.63, 3.8) is 0 Å². The van der Waals surface area contributed by atoms with Crippen molar-refractivity contribution in [2.45, 2.75) is 24.3 Å². The second-order valence-corrected chi connectivity index (χ2v) is 5.95. The predicted octanol–water partition coefficient (Wildman–Crippen LogP) is 0.431. The summed E-state index contributed by atoms with van der Waals surface area (Å²) in [5, 5.41) is 0. The molecule has 1 aromatic carbocycles. The highest BCUT2D eigenvalue weighted by molar-refractivity contribution is 7.89. The highest BCUT2D eigenvalue weighted by atomic mass is 32.2. The van der Waals surface area contributed by atoms with Crippen LogP contribution in [0.3, 0.4) is 0 Å². The summed E-state index contributed by atoms with van der Waals surface area (Å²) in [6.07, 6.45) is 0.587. The molecule has 100 valence electrons. The smallest absolute Gasteiger partial charge is 0.240 e. The highest BCUT2D eigenvalue weighted by Gasteiger charge is 2.19. The van der Waals surface area contributed by atoms with Crippen molar-refractivity contribution in [1.29, 1.82) is 0 Å². The van der Waals surface area contributed by atoms with Gasteiger partial charge < -0.3 is 15.2 Å². The molecule has 0 saturated heterocycles. The fourth-order valence-electron chi connectivity index (χ4n) is 1.55. The molecule has 0 amide bonds. The second kappa shape index (κ2) is 5.13. The molecule has 1 heterocycles. The Morgan fingerprint density at radius 2 is 2.11 bits per heavy atom. The molecule has 7 heteroatoms. The highest BCUT2D eigenvalue weighted by Crippen LogP contribution is 2.33. The summed E-state index contributed by atoms with van der Waals surface area (Å²) in [4.78, 5) is 0.163. The molecule has 1 aliphatic heterocycles. The Kier molecular flexibility index (Phi) is 3.74. The van der Waals surface area contributed by atoms with Crippen molar-refractivity contribution >= 4 is 10.0 Å². The third-order valence-corrected chi connectivity index (χ3v) is 4.00. The lowest BCUT2D eigenvalue weighted by atomic mass is 10.3. The van der Waals surface area contributed by atoms with Crippen LogP contribution in [0.2, 0.25) is 0 Å². The zero-order valence-corrected chi connectivity index (χ0v) is 10.9. The van der Waals surface area contributed by atoms with E-state index in [0.717, 1.165) is 0 Å². The van der Waals surface area contributed by atoms with Crippen LogP contribution in [0, 0.1) is 0 Å². The first-order valence-corrected chi connectivity index (χ1v) is 7.12. The molecule has 1 atom stereocenters. The number of ether oxygens (including phenoxy) is 2. The molecule has 1 unspecified atom stereocenters. The van der Waals surface area contributed by atoms with Gasteiger partial charge in [0.2, 0.25) is 16.8 Å². The number of benzene rings is 1. The molecule has 0 saturated carbocycles. The molecule has 0 radical (unpaired) electrons. The maximum atomic E-state index is 12.0. The fourth-order valence-corrected chi connectivity index (χ4v) is 2.61. The molecule has 0 fully saturated rings. The van der Waals surface area contributed by atoms with E-state index in [-0.39, 0.29) is 17.7 Å². The number of rotatable bonds is 5. The maximum Gasteiger partial charge on any atom is 0.240 e. The topological polar surface area (TPSA) is 90.7 Å². The van der Waals surface area contributed by atoms with E-state index < -0.39 is 10.0 Å². The van der Waals surface area contributed by atoms with Crippen LogP contribution in [-0.4, -0.2) is 27.8 Å². The number of sulfonamides is 1. The van der Waals surface area contributed by atoms with Gasteiger partial charge in [0.05, 0.1) is 4.90 Å². The largest absolute Gasteiger partial charge is 0.454 e. The molecular weight excluding hydrogens is 256 g/mol. The van der Waals surface area contributed by atoms with Gasteiger partial charge in [0.15, 0.2) is 11.5 Å². The maximum absolute atomic E-state index is 12.0. The first-order valence-electron chi connectivity index (χ1n) is 5.64. The fraction of sp³-hybridized carbons (Fsp3) is 0.455. The molecule has 1 aromatic rings. The summed E-state index contributed by atoms with van der Waals surface area (Å²) in [6.45, 7) is 2.26. The molecule has 3 N–H and O–H groups in total. The van der Waals surface area contributed by atoms with Crippen molar-refractivity contribution < 1.29 is 17.9 Å². The summed E-state index contributed by atoms with van der Waals surface area (Å²) in [6, 6.07) is 4.49. The van der Waals surface area contributed by atoms with Crippen molar-refractivity contribution in [1.82, 2.24) is 4.72 Å². The summed E-state index contributed by atoms with van der Waals surface area (Å²) < 4.78 is 36.7. The summed E-state index contributed by atoms with van der Waals surface area (Å²) in [5.41, 5.74) is 5.56. The number of nitrogens with two attached hydrogens (primary N) is 1. The predicted molar refractivity (Wildman–Crippen MR) is 66.0 cm³/mol. The van der Waals surface area contributed by atoms with Gasteiger partial charge in [-0.1, -0.05) is 0 Å². The van der Waals surface area contributed by atoms with Gasteiger partial charge in [-0.2, -0.15) is 0 Å². The molecule has 0 aliphatic carbocycles. The Morgan fingerprint density at radius 1 is 1.39 bits per heavy atom. The third-order valence-electron chi connectivity index (χ3n) is 2.55. The first kappa shape index (κ1) is 13.1. The lowest BCUT2D eigenvalue weighted by Gasteiger charge is -2.08. The van der Waals surface area contributed by atoms with Crippen molar-refractivity contribution in [2.24, 2.45) is 5.73 Å². The normalized spacial score (nSPS) is 15.7. The SMILES string of the molecule is CC(N)CCNS(=O)(=O)c1ccc2c(c1)OCO2. The zero-order valence-electron chi connectivity index (χ0n) is 10.0. The van der Waals surface area contributed by atoms with E-state index in [4.69, 9.17) is 15.2 Å². The lowest BCUT2D eigenvalue weighted by molar-refractivity contribution is 0.174. The van der Waals surface area contributed by atoms with Crippen LogP contribution in [0.5, 0.6) is 11.5 Å². The lowest BCUT2D eigenvalue weighted by Crippen LogP contribution is -2.29. The van der Waals surface area contributed by atoms with Crippen LogP contribution >= 0.6 is 0 Å². The average molecular weight is 272 g/mol. The zero-order chi connectivity index (χ0) is 13.2. The number of hydrogen-bond acceptors (Lipinski definition) is 5. The molecule has 18 heavy (non-hydrogen) atoms. The number of fused-ring (bicyclic) bond motifs is 1. The number of hydrogen-bond donors (Lipinski definition) is 2. The van der Waals surface area contributed by atoms with E-state index in [1.807, 2.05) is 6.92 Å². The minimum atomic E-state index is -3.52. The summed E-state index contributed by atoms with van der Waals surface area (Å²) in [5.74, 6) is 1.01. The monoisotopic (exact) mass is 272 g/mol. The van der Waals surface area contributed by atoms with Crippen LogP contribution in [0.1, 0.15) is 13.3 Å². The molecule has 0 spiro atoms. The van der Waals surface area contributed by atoms with E-state index in [2.05, 4.69) is 4.72 Å². The Labute approximate surface area is 106 Å². The Balaban J connectivity index is 2.10. The number of nitrogens with one attached hydrogen (secondary N) is 1. The van der Waals surface area contributed by atoms with E-state index in [1.54, 1.807) is 6.07 Å². The van der Waals surface area contributed by atoms with Gasteiger partial charge >= 0.3 is 0 Å². The van der Waals surface area contributed by atoms with E-state index in [0.29, 0.717) is 24.5 Å². The third kappa shape index (κ3) is 2.92. The van der Waals surface area contributed by atoms with Crippen LogP contribution in [0.4, 0.5) is 0 Å². The average Bonchev–Trinajstić information content (AvgIpc) is 2.74. The van der Waals surface area contributed by atoms with Crippen LogP contribution in [0.25, 0.3) is 0 Å². The molecule has 1 aliphatic rings. The van der Waals surface area contributed by atoms with Gasteiger partial charge in [0.1, 0.15) is 0 Å². The molecule has 0 aromatic heterocycles. The van der Waals surface area contributed by atoms with Gasteiger partial charge in [-0.25, -0.2) is 13.1 Å². The van der Waals surface area contributed by atoms with Crippen molar-refractivity contribution in [3.05, 3.63) is 18.2 Å². The molecule has 6 nitrogen and oxygen atoms in total. The van der Waals surface area contributed by atoms with Crippen LogP contribution in [0.15, 0.2) is 23.1 Å². The van der Waals surface area contributed by atoms with Crippen LogP contribution < -0.4 is 19.9 Å². The van der Waals surface area contributed by atoms with E-state index >= 15 is 0 Å². The van der Waals surface area contributed by atoms with E-state index in [1.165, 1.54) is 12.1 Å². The second-order valence-electron chi connectivity index (χ2n) is 4.18. The standard InChI is InChI=1S/C11H16N2O4S/c1-8(12)4-5-13-18(14,15)9-2-3-10-11(6-9)17-7-16-10/h2-3,6,8,13H,4-5,7,12H2,1H3. The molecule has 2 rings (SSSR count). The summed E-state index contributed by atoms with van der Waals surface area (Å²) >= 11 is 0. The minimum absolute atomic E-state index is 0.0375. The quantitative estimate of drug-likeness (QED) is 0.811. The van der Waals surface area contributed by atoms with Crippen LogP contribution in [-0.2, 0) is 10.0 Å². The van der Waals surface area contributed by atoms with Gasteiger partial charge in [-0.3, -0.25) is 0 Å². The van der Waals surface area contributed by atoms with E-state index in [9.17, 15) is 8.42 Å². The molecule has 0 bridgehead atoms. The Hall–Kier alpha value is -1.31. The van der Waals surface area contributed by atoms with Gasteiger partial charge in [-0.05, 0) is 25.5 Å².